The maximum absolute atomic E-state index is 8.35. The molecular formula is C7H5NS. The van der Waals surface area contributed by atoms with Crippen molar-refractivity contribution in [2.24, 2.45) is 0 Å². The first-order valence-corrected chi connectivity index (χ1v) is 2.97. The lowest BCUT2D eigenvalue weighted by atomic mass is 10.3. The standard InChI is InChI=1S/C7H5NS/c8-5-6-1-3-7(9)4-2-6/h1-4,9H/i5+1. The average Bonchev–Trinajstić information content (AvgIpc) is 1.90. The molecule has 2 heteroatoms. The van der Waals surface area contributed by atoms with Crippen molar-refractivity contribution in [1.29, 1.82) is 5.26 Å². The van der Waals surface area contributed by atoms with Crippen LogP contribution < -0.4 is 0 Å². The first-order chi connectivity index (χ1) is 4.33. The zero-order valence-electron chi connectivity index (χ0n) is 4.70. The molecule has 0 aromatic heterocycles. The minimum Gasteiger partial charge on any atom is -0.192 e. The molecule has 1 aromatic carbocycles. The molecule has 0 radical (unpaired) electrons. The fraction of sp³-hybridized carbons (Fsp3) is 0. The zero-order valence-corrected chi connectivity index (χ0v) is 5.60. The van der Waals surface area contributed by atoms with Crippen molar-refractivity contribution in [3.8, 4) is 6.07 Å². The van der Waals surface area contributed by atoms with Gasteiger partial charge in [-0.3, -0.25) is 0 Å². The van der Waals surface area contributed by atoms with E-state index < -0.39 is 0 Å². The van der Waals surface area contributed by atoms with Crippen molar-refractivity contribution in [3.63, 3.8) is 0 Å². The topological polar surface area (TPSA) is 23.8 Å². The van der Waals surface area contributed by atoms with Crippen LogP contribution in [0.15, 0.2) is 29.2 Å². The molecule has 0 saturated carbocycles. The first-order valence-electron chi connectivity index (χ1n) is 2.52. The van der Waals surface area contributed by atoms with E-state index in [0.29, 0.717) is 5.56 Å². The maximum atomic E-state index is 8.35. The van der Waals surface area contributed by atoms with E-state index in [0.717, 1.165) is 4.90 Å². The monoisotopic (exact) mass is 136 g/mol. The van der Waals surface area contributed by atoms with Gasteiger partial charge in [-0.05, 0) is 24.3 Å². The van der Waals surface area contributed by atoms with Gasteiger partial charge >= 0.3 is 0 Å². The van der Waals surface area contributed by atoms with Crippen molar-refractivity contribution >= 4 is 12.6 Å². The summed E-state index contributed by atoms with van der Waals surface area (Å²) in [5, 5.41) is 8.35. The molecule has 0 N–H and O–H groups in total. The summed E-state index contributed by atoms with van der Waals surface area (Å²) in [6, 6.07) is 9.08. The normalized spacial score (nSPS) is 8.44. The van der Waals surface area contributed by atoms with Crippen molar-refractivity contribution in [2.45, 2.75) is 4.90 Å². The summed E-state index contributed by atoms with van der Waals surface area (Å²) in [6.45, 7) is 0. The Morgan fingerprint density at radius 1 is 1.22 bits per heavy atom. The maximum Gasteiger partial charge on any atom is 0.0991 e. The number of rotatable bonds is 0. The van der Waals surface area contributed by atoms with Crippen LogP contribution >= 0.6 is 12.6 Å². The lowest BCUT2D eigenvalue weighted by Gasteiger charge is -1.87. The third kappa shape index (κ3) is 1.48. The van der Waals surface area contributed by atoms with Gasteiger partial charge in [-0.2, -0.15) is 5.26 Å². The van der Waals surface area contributed by atoms with Gasteiger partial charge in [-0.15, -0.1) is 12.6 Å². The summed E-state index contributed by atoms with van der Waals surface area (Å²) >= 11 is 4.06. The molecule has 0 amide bonds. The Hall–Kier alpha value is -0.940. The molecular weight excluding hydrogens is 131 g/mol. The lowest BCUT2D eigenvalue weighted by Crippen LogP contribution is -1.69. The number of nitriles is 1. The number of hydrogen-bond acceptors (Lipinski definition) is 2. The van der Waals surface area contributed by atoms with Gasteiger partial charge in [0.2, 0.25) is 0 Å². The van der Waals surface area contributed by atoms with Gasteiger partial charge in [0.05, 0.1) is 11.6 Å². The van der Waals surface area contributed by atoms with E-state index in [1.165, 1.54) is 0 Å². The number of benzene rings is 1. The van der Waals surface area contributed by atoms with Gasteiger partial charge in [0, 0.05) is 4.90 Å². The Kier molecular flexibility index (Phi) is 1.76. The highest BCUT2D eigenvalue weighted by Gasteiger charge is 1.85. The van der Waals surface area contributed by atoms with E-state index in [2.05, 4.69) is 12.6 Å². The highest BCUT2D eigenvalue weighted by Crippen LogP contribution is 2.05. The molecule has 0 bridgehead atoms. The number of thiol groups is 1. The van der Waals surface area contributed by atoms with Crippen LogP contribution in [0.1, 0.15) is 5.56 Å². The Balaban J connectivity index is 3.06. The Labute approximate surface area is 59.3 Å². The molecule has 0 aliphatic heterocycles. The third-order valence-corrected chi connectivity index (χ3v) is 1.29. The molecule has 0 unspecified atom stereocenters. The minimum atomic E-state index is 0.674. The molecule has 1 nitrogen and oxygen atoms in total. The fourth-order valence-corrected chi connectivity index (χ4v) is 0.685. The van der Waals surface area contributed by atoms with Gasteiger partial charge in [0.25, 0.3) is 0 Å². The van der Waals surface area contributed by atoms with E-state index in [1.807, 2.05) is 6.07 Å². The molecule has 1 aromatic rings. The highest BCUT2D eigenvalue weighted by molar-refractivity contribution is 7.80. The van der Waals surface area contributed by atoms with Gasteiger partial charge in [-0.1, -0.05) is 0 Å². The van der Waals surface area contributed by atoms with Crippen LogP contribution in [-0.4, -0.2) is 0 Å². The van der Waals surface area contributed by atoms with E-state index >= 15 is 0 Å². The summed E-state index contributed by atoms with van der Waals surface area (Å²) in [4.78, 5) is 0.883. The summed E-state index contributed by atoms with van der Waals surface area (Å²) in [7, 11) is 0. The van der Waals surface area contributed by atoms with Crippen molar-refractivity contribution in [1.82, 2.24) is 0 Å². The predicted molar refractivity (Wildman–Crippen MR) is 38.4 cm³/mol. The SMILES string of the molecule is N#[13C]c1ccc(S)cc1. The Bertz CT molecular complexity index is 232. The zero-order chi connectivity index (χ0) is 6.69. The number of hydrogen-bond donors (Lipinski definition) is 1. The van der Waals surface area contributed by atoms with Crippen LogP contribution in [0.3, 0.4) is 0 Å². The van der Waals surface area contributed by atoms with Gasteiger partial charge in [0.1, 0.15) is 0 Å². The van der Waals surface area contributed by atoms with Crippen LogP contribution in [0.4, 0.5) is 0 Å². The fourth-order valence-electron chi connectivity index (χ4n) is 0.536. The summed E-state index contributed by atoms with van der Waals surface area (Å²) in [5.41, 5.74) is 0.674. The third-order valence-electron chi connectivity index (χ3n) is 0.996. The molecule has 0 spiro atoms. The molecule has 0 fully saturated rings. The van der Waals surface area contributed by atoms with Crippen molar-refractivity contribution < 1.29 is 0 Å². The quantitative estimate of drug-likeness (QED) is 0.427. The molecule has 0 heterocycles. The van der Waals surface area contributed by atoms with E-state index in [4.69, 9.17) is 5.26 Å². The smallest absolute Gasteiger partial charge is 0.0991 e. The minimum absolute atomic E-state index is 0.674. The number of nitrogens with zero attached hydrogens (tertiary/aromatic N) is 1. The average molecular weight is 136 g/mol. The van der Waals surface area contributed by atoms with Gasteiger partial charge in [-0.25, -0.2) is 0 Å². The molecule has 1 rings (SSSR count). The molecule has 9 heavy (non-hydrogen) atoms. The lowest BCUT2D eigenvalue weighted by molar-refractivity contribution is 1.42. The molecule has 0 saturated heterocycles. The summed E-state index contributed by atoms with van der Waals surface area (Å²) in [6.07, 6.45) is 0. The van der Waals surface area contributed by atoms with E-state index in [1.54, 1.807) is 24.3 Å². The Morgan fingerprint density at radius 2 is 1.78 bits per heavy atom. The largest absolute Gasteiger partial charge is 0.192 e. The van der Waals surface area contributed by atoms with Crippen LogP contribution in [0.25, 0.3) is 0 Å². The molecule has 0 atom stereocenters. The summed E-state index contributed by atoms with van der Waals surface area (Å²) < 4.78 is 0. The van der Waals surface area contributed by atoms with Gasteiger partial charge < -0.3 is 0 Å². The van der Waals surface area contributed by atoms with Gasteiger partial charge in [0.15, 0.2) is 0 Å². The second-order valence-electron chi connectivity index (χ2n) is 1.66. The Morgan fingerprint density at radius 3 is 2.22 bits per heavy atom. The van der Waals surface area contributed by atoms with Crippen molar-refractivity contribution in [3.05, 3.63) is 29.8 Å². The van der Waals surface area contributed by atoms with Crippen molar-refractivity contribution in [2.75, 3.05) is 0 Å². The highest BCUT2D eigenvalue weighted by atomic mass is 32.1. The van der Waals surface area contributed by atoms with Crippen LogP contribution in [0.2, 0.25) is 0 Å². The summed E-state index contributed by atoms with van der Waals surface area (Å²) in [5.74, 6) is 0. The predicted octanol–water partition coefficient (Wildman–Crippen LogP) is 1.85. The molecule has 44 valence electrons. The van der Waals surface area contributed by atoms with E-state index in [9.17, 15) is 0 Å². The first kappa shape index (κ1) is 6.18. The second-order valence-corrected chi connectivity index (χ2v) is 2.18. The van der Waals surface area contributed by atoms with Crippen LogP contribution in [0.5, 0.6) is 0 Å². The van der Waals surface area contributed by atoms with Crippen LogP contribution in [0, 0.1) is 11.3 Å². The second kappa shape index (κ2) is 2.56. The van der Waals surface area contributed by atoms with E-state index in [-0.39, 0.29) is 0 Å². The van der Waals surface area contributed by atoms with Crippen LogP contribution in [-0.2, 0) is 0 Å². The molecule has 0 aliphatic rings. The molecule has 0 aliphatic carbocycles.